The molecule has 0 heterocycles. The van der Waals surface area contributed by atoms with Gasteiger partial charge in [-0.2, -0.15) is 10.4 Å². The fourth-order valence-corrected chi connectivity index (χ4v) is 3.08. The summed E-state index contributed by atoms with van der Waals surface area (Å²) >= 11 is 0. The molecule has 1 aliphatic carbocycles. The number of hydrogen-bond acceptors (Lipinski definition) is 4. The van der Waals surface area contributed by atoms with Crippen molar-refractivity contribution in [1.29, 1.82) is 5.26 Å². The summed E-state index contributed by atoms with van der Waals surface area (Å²) in [7, 11) is 0. The molecule has 0 aromatic heterocycles. The second-order valence-electron chi connectivity index (χ2n) is 6.82. The summed E-state index contributed by atoms with van der Waals surface area (Å²) in [4.78, 5) is 12.0. The van der Waals surface area contributed by atoms with Crippen molar-refractivity contribution >= 4 is 11.6 Å². The van der Waals surface area contributed by atoms with E-state index in [2.05, 4.69) is 10.5 Å². The van der Waals surface area contributed by atoms with Gasteiger partial charge in [-0.15, -0.1) is 0 Å². The van der Waals surface area contributed by atoms with Crippen molar-refractivity contribution in [3.8, 4) is 11.8 Å². The molecule has 1 amide bonds. The minimum atomic E-state index is -0.257. The Balaban J connectivity index is 1.76. The van der Waals surface area contributed by atoms with E-state index >= 15 is 0 Å². The highest BCUT2D eigenvalue weighted by Gasteiger charge is 2.06. The molecule has 0 atom stereocenters. The van der Waals surface area contributed by atoms with Crippen LogP contribution >= 0.6 is 0 Å². The molecule has 140 valence electrons. The van der Waals surface area contributed by atoms with E-state index < -0.39 is 0 Å². The summed E-state index contributed by atoms with van der Waals surface area (Å²) in [5.41, 5.74) is 4.29. The molecular formula is C21H29N3O2. The summed E-state index contributed by atoms with van der Waals surface area (Å²) in [6.45, 7) is -0.0807. The number of amides is 1. The first-order chi connectivity index (χ1) is 12.8. The monoisotopic (exact) mass is 355 g/mol. The Bertz CT molecular complexity index is 603. The predicted molar refractivity (Wildman–Crippen MR) is 103 cm³/mol. The largest absolute Gasteiger partial charge is 0.484 e. The van der Waals surface area contributed by atoms with Gasteiger partial charge in [0.2, 0.25) is 0 Å². The first-order valence-electron chi connectivity index (χ1n) is 9.75. The van der Waals surface area contributed by atoms with Gasteiger partial charge in [-0.25, -0.2) is 5.43 Å². The average molecular weight is 355 g/mol. The van der Waals surface area contributed by atoms with Crippen molar-refractivity contribution in [1.82, 2.24) is 5.43 Å². The molecule has 0 saturated heterocycles. The number of nitrogens with one attached hydrogen (secondary N) is 1. The molecule has 1 fully saturated rings. The van der Waals surface area contributed by atoms with Crippen molar-refractivity contribution < 1.29 is 9.53 Å². The van der Waals surface area contributed by atoms with Crippen LogP contribution in [0.3, 0.4) is 0 Å². The van der Waals surface area contributed by atoms with Gasteiger partial charge in [0, 0.05) is 5.71 Å². The van der Waals surface area contributed by atoms with Crippen LogP contribution in [-0.4, -0.2) is 18.2 Å². The number of benzene rings is 1. The van der Waals surface area contributed by atoms with Gasteiger partial charge in [0.05, 0.1) is 11.6 Å². The summed E-state index contributed by atoms with van der Waals surface area (Å²) in [6, 6.07) is 8.75. The zero-order chi connectivity index (χ0) is 18.5. The first-order valence-corrected chi connectivity index (χ1v) is 9.75. The summed E-state index contributed by atoms with van der Waals surface area (Å²) < 4.78 is 5.43. The summed E-state index contributed by atoms with van der Waals surface area (Å²) in [5.74, 6) is 0.311. The van der Waals surface area contributed by atoms with Crippen LogP contribution in [0, 0.1) is 11.3 Å². The minimum Gasteiger partial charge on any atom is -0.484 e. The molecule has 0 unspecified atom stereocenters. The first kappa shape index (κ1) is 20.0. The van der Waals surface area contributed by atoms with Gasteiger partial charge in [-0.1, -0.05) is 44.9 Å². The third kappa shape index (κ3) is 8.15. The lowest BCUT2D eigenvalue weighted by Gasteiger charge is -2.10. The third-order valence-electron chi connectivity index (χ3n) is 4.62. The van der Waals surface area contributed by atoms with E-state index in [9.17, 15) is 4.79 Å². The second-order valence-corrected chi connectivity index (χ2v) is 6.82. The maximum absolute atomic E-state index is 12.0. The SMILES string of the molecule is N#Cc1ccc(OCC(=O)NN=C2CCCCCCCCCCC2)cc1. The highest BCUT2D eigenvalue weighted by atomic mass is 16.5. The molecule has 26 heavy (non-hydrogen) atoms. The van der Waals surface area contributed by atoms with Crippen LogP contribution in [0.15, 0.2) is 29.4 Å². The molecule has 0 spiro atoms. The van der Waals surface area contributed by atoms with Crippen LogP contribution in [0.25, 0.3) is 0 Å². The molecule has 0 bridgehead atoms. The third-order valence-corrected chi connectivity index (χ3v) is 4.62. The molecule has 1 aromatic carbocycles. The van der Waals surface area contributed by atoms with Gasteiger partial charge in [0.15, 0.2) is 6.61 Å². The molecule has 5 nitrogen and oxygen atoms in total. The van der Waals surface area contributed by atoms with Crippen molar-refractivity contribution in [3.63, 3.8) is 0 Å². The highest BCUT2D eigenvalue weighted by Crippen LogP contribution is 2.15. The van der Waals surface area contributed by atoms with Crippen LogP contribution in [0.5, 0.6) is 5.75 Å². The lowest BCUT2D eigenvalue weighted by Crippen LogP contribution is -2.26. The fraction of sp³-hybridized carbons (Fsp3) is 0.571. The molecule has 1 saturated carbocycles. The van der Waals surface area contributed by atoms with Crippen LogP contribution < -0.4 is 10.2 Å². The Morgan fingerprint density at radius 1 is 0.962 bits per heavy atom. The van der Waals surface area contributed by atoms with Crippen LogP contribution in [-0.2, 0) is 4.79 Å². The Labute approximate surface area is 156 Å². The molecule has 2 rings (SSSR count). The number of carbonyl (C=O) groups excluding carboxylic acids is 1. The van der Waals surface area contributed by atoms with Crippen LogP contribution in [0.1, 0.15) is 76.2 Å². The molecule has 1 N–H and O–H groups in total. The zero-order valence-corrected chi connectivity index (χ0v) is 15.5. The van der Waals surface area contributed by atoms with E-state index in [0.717, 1.165) is 31.4 Å². The standard InChI is InChI=1S/C21H29N3O2/c22-16-18-12-14-20(15-13-18)26-17-21(25)24-23-19-10-8-6-4-2-1-3-5-7-9-11-19/h12-15H,1-11,17H2,(H,24,25). The van der Waals surface area contributed by atoms with Gasteiger partial charge >= 0.3 is 0 Å². The number of carbonyl (C=O) groups is 1. The molecule has 0 radical (unpaired) electrons. The second kappa shape index (κ2) is 12.1. The number of ether oxygens (including phenoxy) is 1. The number of hydrazone groups is 1. The summed E-state index contributed by atoms with van der Waals surface area (Å²) in [6.07, 6.45) is 13.4. The average Bonchev–Trinajstić information content (AvgIpc) is 2.66. The topological polar surface area (TPSA) is 74.5 Å². The smallest absolute Gasteiger partial charge is 0.277 e. The lowest BCUT2D eigenvalue weighted by atomic mass is 10.00. The van der Waals surface area contributed by atoms with E-state index in [-0.39, 0.29) is 12.5 Å². The van der Waals surface area contributed by atoms with Gasteiger partial charge < -0.3 is 4.74 Å². The van der Waals surface area contributed by atoms with E-state index in [0.29, 0.717) is 11.3 Å². The molecule has 0 aliphatic heterocycles. The van der Waals surface area contributed by atoms with Gasteiger partial charge in [0.1, 0.15) is 5.75 Å². The van der Waals surface area contributed by atoms with Gasteiger partial charge in [-0.05, 0) is 49.9 Å². The Morgan fingerprint density at radius 3 is 2.04 bits per heavy atom. The Kier molecular flexibility index (Phi) is 9.27. The molecule has 1 aliphatic rings. The van der Waals surface area contributed by atoms with E-state index in [1.807, 2.05) is 6.07 Å². The van der Waals surface area contributed by atoms with E-state index in [1.165, 1.54) is 44.9 Å². The van der Waals surface area contributed by atoms with Crippen LogP contribution in [0.2, 0.25) is 0 Å². The Morgan fingerprint density at radius 2 is 1.50 bits per heavy atom. The molecular weight excluding hydrogens is 326 g/mol. The summed E-state index contributed by atoms with van der Waals surface area (Å²) in [5, 5.41) is 13.1. The van der Waals surface area contributed by atoms with Crippen LogP contribution in [0.4, 0.5) is 0 Å². The predicted octanol–water partition coefficient (Wildman–Crippen LogP) is 4.71. The quantitative estimate of drug-likeness (QED) is 0.795. The number of rotatable bonds is 4. The normalized spacial score (nSPS) is 16.5. The minimum absolute atomic E-state index is 0.0807. The highest BCUT2D eigenvalue weighted by molar-refractivity contribution is 5.86. The van der Waals surface area contributed by atoms with E-state index in [4.69, 9.17) is 10.00 Å². The van der Waals surface area contributed by atoms with E-state index in [1.54, 1.807) is 24.3 Å². The molecule has 5 heteroatoms. The maximum atomic E-state index is 12.0. The zero-order valence-electron chi connectivity index (χ0n) is 15.5. The molecule has 1 aromatic rings. The van der Waals surface area contributed by atoms with Crippen molar-refractivity contribution in [3.05, 3.63) is 29.8 Å². The number of nitrogens with zero attached hydrogens (tertiary/aromatic N) is 2. The number of nitriles is 1. The van der Waals surface area contributed by atoms with Crippen molar-refractivity contribution in [2.75, 3.05) is 6.61 Å². The van der Waals surface area contributed by atoms with Crippen molar-refractivity contribution in [2.45, 2.75) is 70.6 Å². The Hall–Kier alpha value is -2.35. The van der Waals surface area contributed by atoms with Crippen molar-refractivity contribution in [2.24, 2.45) is 5.10 Å². The number of hydrogen-bond donors (Lipinski definition) is 1. The van der Waals surface area contributed by atoms with Gasteiger partial charge in [-0.3, -0.25) is 4.79 Å². The maximum Gasteiger partial charge on any atom is 0.277 e. The lowest BCUT2D eigenvalue weighted by molar-refractivity contribution is -0.123. The fourth-order valence-electron chi connectivity index (χ4n) is 3.08. The van der Waals surface area contributed by atoms with Gasteiger partial charge in [0.25, 0.3) is 5.91 Å².